The standard InChI is InChI=1S/C17H18ClNO3/c1-2-21-15-9-5-6-10-16(15)22-12-17(20)19-11-13-7-3-4-8-14(13)18/h3-10H,2,11-12H2,1H3,(H,19,20). The van der Waals surface area contributed by atoms with E-state index in [-0.39, 0.29) is 12.5 Å². The van der Waals surface area contributed by atoms with Gasteiger partial charge in [-0.05, 0) is 30.7 Å². The van der Waals surface area contributed by atoms with E-state index in [2.05, 4.69) is 5.32 Å². The number of carbonyl (C=O) groups is 1. The Morgan fingerprint density at radius 2 is 1.68 bits per heavy atom. The predicted molar refractivity (Wildman–Crippen MR) is 86.4 cm³/mol. The number of amides is 1. The maximum absolute atomic E-state index is 11.9. The van der Waals surface area contributed by atoms with Crippen LogP contribution >= 0.6 is 11.6 Å². The third-order valence-electron chi connectivity index (χ3n) is 2.94. The van der Waals surface area contributed by atoms with E-state index in [9.17, 15) is 4.79 Å². The molecule has 4 nitrogen and oxygen atoms in total. The van der Waals surface area contributed by atoms with Crippen molar-refractivity contribution in [1.29, 1.82) is 0 Å². The van der Waals surface area contributed by atoms with Gasteiger partial charge in [-0.25, -0.2) is 0 Å². The van der Waals surface area contributed by atoms with E-state index >= 15 is 0 Å². The van der Waals surface area contributed by atoms with Gasteiger partial charge in [0.05, 0.1) is 6.61 Å². The van der Waals surface area contributed by atoms with Crippen LogP contribution < -0.4 is 14.8 Å². The van der Waals surface area contributed by atoms with Crippen molar-refractivity contribution in [2.75, 3.05) is 13.2 Å². The van der Waals surface area contributed by atoms with Crippen molar-refractivity contribution in [3.8, 4) is 11.5 Å². The lowest BCUT2D eigenvalue weighted by molar-refractivity contribution is -0.123. The summed E-state index contributed by atoms with van der Waals surface area (Å²) in [5.41, 5.74) is 0.868. The second-order valence-electron chi connectivity index (χ2n) is 4.54. The summed E-state index contributed by atoms with van der Waals surface area (Å²) in [6.07, 6.45) is 0. The van der Waals surface area contributed by atoms with Crippen LogP contribution in [-0.2, 0) is 11.3 Å². The monoisotopic (exact) mass is 319 g/mol. The number of benzene rings is 2. The van der Waals surface area contributed by atoms with E-state index < -0.39 is 0 Å². The van der Waals surface area contributed by atoms with E-state index in [0.29, 0.717) is 29.7 Å². The molecule has 0 heterocycles. The number of rotatable bonds is 7. The molecule has 116 valence electrons. The van der Waals surface area contributed by atoms with E-state index in [0.717, 1.165) is 5.56 Å². The highest BCUT2D eigenvalue weighted by Gasteiger charge is 2.08. The molecule has 0 spiro atoms. The Balaban J connectivity index is 1.84. The molecule has 0 fully saturated rings. The summed E-state index contributed by atoms with van der Waals surface area (Å²) in [4.78, 5) is 11.9. The smallest absolute Gasteiger partial charge is 0.258 e. The van der Waals surface area contributed by atoms with E-state index in [4.69, 9.17) is 21.1 Å². The Labute approximate surface area is 135 Å². The van der Waals surface area contributed by atoms with Gasteiger partial charge in [-0.15, -0.1) is 0 Å². The molecular formula is C17H18ClNO3. The van der Waals surface area contributed by atoms with Gasteiger partial charge >= 0.3 is 0 Å². The molecule has 0 atom stereocenters. The molecule has 2 aromatic rings. The van der Waals surface area contributed by atoms with Gasteiger partial charge in [0, 0.05) is 11.6 Å². The Kier molecular flexibility index (Phi) is 6.10. The zero-order chi connectivity index (χ0) is 15.8. The topological polar surface area (TPSA) is 47.6 Å². The lowest BCUT2D eigenvalue weighted by Gasteiger charge is -2.12. The fraction of sp³-hybridized carbons (Fsp3) is 0.235. The summed E-state index contributed by atoms with van der Waals surface area (Å²) in [5, 5.41) is 3.40. The third kappa shape index (κ3) is 4.67. The minimum Gasteiger partial charge on any atom is -0.490 e. The van der Waals surface area contributed by atoms with E-state index in [1.165, 1.54) is 0 Å². The highest BCUT2D eigenvalue weighted by atomic mass is 35.5. The number of hydrogen-bond acceptors (Lipinski definition) is 3. The Morgan fingerprint density at radius 3 is 2.36 bits per heavy atom. The van der Waals surface area contributed by atoms with Crippen LogP contribution in [0.5, 0.6) is 11.5 Å². The van der Waals surface area contributed by atoms with E-state index in [1.807, 2.05) is 37.3 Å². The average molecular weight is 320 g/mol. The first-order valence-electron chi connectivity index (χ1n) is 7.05. The van der Waals surface area contributed by atoms with Crippen LogP contribution in [0.2, 0.25) is 5.02 Å². The maximum atomic E-state index is 11.9. The van der Waals surface area contributed by atoms with Gasteiger partial charge in [-0.3, -0.25) is 4.79 Å². The van der Waals surface area contributed by atoms with Gasteiger partial charge in [0.25, 0.3) is 5.91 Å². The summed E-state index contributed by atoms with van der Waals surface area (Å²) < 4.78 is 10.9. The first-order chi connectivity index (χ1) is 10.7. The normalized spacial score (nSPS) is 10.1. The van der Waals surface area contributed by atoms with Crippen LogP contribution in [0.3, 0.4) is 0 Å². The molecule has 0 bridgehead atoms. The van der Waals surface area contributed by atoms with Gasteiger partial charge in [-0.2, -0.15) is 0 Å². The molecule has 0 saturated carbocycles. The molecule has 0 radical (unpaired) electrons. The number of para-hydroxylation sites is 2. The molecule has 1 N–H and O–H groups in total. The van der Waals surface area contributed by atoms with Gasteiger partial charge in [0.2, 0.25) is 0 Å². The van der Waals surface area contributed by atoms with Crippen molar-refractivity contribution in [3.05, 3.63) is 59.1 Å². The van der Waals surface area contributed by atoms with Crippen LogP contribution in [0.25, 0.3) is 0 Å². The number of ether oxygens (including phenoxy) is 2. The molecule has 2 rings (SSSR count). The molecule has 0 aromatic heterocycles. The minimum absolute atomic E-state index is 0.0749. The lowest BCUT2D eigenvalue weighted by atomic mass is 10.2. The summed E-state index contributed by atoms with van der Waals surface area (Å²) in [6, 6.07) is 14.6. The summed E-state index contributed by atoms with van der Waals surface area (Å²) in [5.74, 6) is 0.965. The van der Waals surface area contributed by atoms with Gasteiger partial charge in [0.1, 0.15) is 0 Å². The predicted octanol–water partition coefficient (Wildman–Crippen LogP) is 3.43. The Hall–Kier alpha value is -2.20. The number of carbonyl (C=O) groups excluding carboxylic acids is 1. The Bertz CT molecular complexity index is 631. The molecule has 5 heteroatoms. The summed E-state index contributed by atoms with van der Waals surface area (Å²) in [6.45, 7) is 2.73. The van der Waals surface area contributed by atoms with Crippen LogP contribution in [0, 0.1) is 0 Å². The molecule has 22 heavy (non-hydrogen) atoms. The fourth-order valence-electron chi connectivity index (χ4n) is 1.87. The van der Waals surface area contributed by atoms with Crippen LogP contribution in [-0.4, -0.2) is 19.1 Å². The molecule has 0 unspecified atom stereocenters. The first kappa shape index (κ1) is 16.2. The summed E-state index contributed by atoms with van der Waals surface area (Å²) in [7, 11) is 0. The molecule has 0 aliphatic heterocycles. The SMILES string of the molecule is CCOc1ccccc1OCC(=O)NCc1ccccc1Cl. The Morgan fingerprint density at radius 1 is 1.05 bits per heavy atom. The maximum Gasteiger partial charge on any atom is 0.258 e. The van der Waals surface area contributed by atoms with Gasteiger partial charge in [-0.1, -0.05) is 41.9 Å². The van der Waals surface area contributed by atoms with Crippen LogP contribution in [0.1, 0.15) is 12.5 Å². The molecule has 2 aromatic carbocycles. The fourth-order valence-corrected chi connectivity index (χ4v) is 2.08. The second-order valence-corrected chi connectivity index (χ2v) is 4.94. The van der Waals surface area contributed by atoms with Crippen molar-refractivity contribution < 1.29 is 14.3 Å². The quantitative estimate of drug-likeness (QED) is 0.850. The molecule has 0 saturated heterocycles. The third-order valence-corrected chi connectivity index (χ3v) is 3.31. The zero-order valence-corrected chi connectivity index (χ0v) is 13.1. The second kappa shape index (κ2) is 8.29. The van der Waals surface area contributed by atoms with Crippen molar-refractivity contribution >= 4 is 17.5 Å². The number of hydrogen-bond donors (Lipinski definition) is 1. The minimum atomic E-state index is -0.216. The van der Waals surface area contributed by atoms with Gasteiger partial charge < -0.3 is 14.8 Å². The molecule has 0 aliphatic rings. The van der Waals surface area contributed by atoms with Crippen molar-refractivity contribution in [2.45, 2.75) is 13.5 Å². The largest absolute Gasteiger partial charge is 0.490 e. The van der Waals surface area contributed by atoms with Crippen molar-refractivity contribution in [2.24, 2.45) is 0 Å². The highest BCUT2D eigenvalue weighted by molar-refractivity contribution is 6.31. The van der Waals surface area contributed by atoms with Gasteiger partial charge in [0.15, 0.2) is 18.1 Å². The zero-order valence-electron chi connectivity index (χ0n) is 12.3. The first-order valence-corrected chi connectivity index (χ1v) is 7.43. The van der Waals surface area contributed by atoms with Crippen LogP contribution in [0.4, 0.5) is 0 Å². The molecule has 1 amide bonds. The average Bonchev–Trinajstić information content (AvgIpc) is 2.53. The highest BCUT2D eigenvalue weighted by Crippen LogP contribution is 2.26. The van der Waals surface area contributed by atoms with Crippen molar-refractivity contribution in [1.82, 2.24) is 5.32 Å². The lowest BCUT2D eigenvalue weighted by Crippen LogP contribution is -2.28. The van der Waals surface area contributed by atoms with Crippen LogP contribution in [0.15, 0.2) is 48.5 Å². The molecule has 0 aliphatic carbocycles. The number of halogens is 1. The summed E-state index contributed by atoms with van der Waals surface area (Å²) >= 11 is 6.04. The van der Waals surface area contributed by atoms with Crippen molar-refractivity contribution in [3.63, 3.8) is 0 Å². The number of nitrogens with one attached hydrogen (secondary N) is 1. The molecular weight excluding hydrogens is 302 g/mol. The van der Waals surface area contributed by atoms with E-state index in [1.54, 1.807) is 18.2 Å².